The summed E-state index contributed by atoms with van der Waals surface area (Å²) >= 11 is 1.24. The normalized spacial score (nSPS) is 29.1. The van der Waals surface area contributed by atoms with E-state index in [9.17, 15) is 19.2 Å². The Labute approximate surface area is 185 Å². The van der Waals surface area contributed by atoms with Gasteiger partial charge in [-0.3, -0.25) is 24.3 Å². The van der Waals surface area contributed by atoms with E-state index in [0.29, 0.717) is 23.7 Å². The second-order valence-electron chi connectivity index (χ2n) is 7.83. The molecule has 2 saturated heterocycles. The van der Waals surface area contributed by atoms with Crippen LogP contribution in [-0.2, 0) is 19.1 Å². The third-order valence-electron chi connectivity index (χ3n) is 6.57. The number of carbonyl (C=O) groups excluding carboxylic acids is 4. The highest BCUT2D eigenvalue weighted by Gasteiger charge is 2.73. The summed E-state index contributed by atoms with van der Waals surface area (Å²) in [5.41, 5.74) is -0.708. The SMILES string of the molecule is CCN1C(=O)[C@H]2[C@H]3CN=C(SCC(=O)c4ccccc4)N3[C@@](CC)(C(=O)OC)[C@H]2C1=O. The number of imide groups is 1. The van der Waals surface area contributed by atoms with Gasteiger partial charge in [-0.15, -0.1) is 0 Å². The number of thioether (sulfide) groups is 1. The zero-order valence-electron chi connectivity index (χ0n) is 17.7. The first-order chi connectivity index (χ1) is 14.9. The molecule has 3 aliphatic rings. The van der Waals surface area contributed by atoms with Crippen molar-refractivity contribution >= 4 is 40.5 Å². The average molecular weight is 444 g/mol. The van der Waals surface area contributed by atoms with Crippen LogP contribution >= 0.6 is 11.8 Å². The minimum Gasteiger partial charge on any atom is -0.467 e. The van der Waals surface area contributed by atoms with E-state index >= 15 is 0 Å². The first-order valence-electron chi connectivity index (χ1n) is 10.4. The molecule has 2 amide bonds. The van der Waals surface area contributed by atoms with Gasteiger partial charge in [0.1, 0.15) is 0 Å². The first-order valence-corrected chi connectivity index (χ1v) is 11.4. The standard InChI is InChI=1S/C22H25N3O5S/c1-4-22(20(29)30-3)17-16(18(27)24(5-2)19(17)28)14-11-23-21(25(14)22)31-12-15(26)13-9-7-6-8-10-13/h6-10,14,16-17H,4-5,11-12H2,1-3H3/t14-,16+,17-,22-/m1/s1. The highest BCUT2D eigenvalue weighted by Crippen LogP contribution is 2.53. The fraction of sp³-hybridized carbons (Fsp3) is 0.500. The molecule has 0 bridgehead atoms. The molecule has 164 valence electrons. The minimum atomic E-state index is -1.31. The van der Waals surface area contributed by atoms with Crippen LogP contribution in [0.4, 0.5) is 0 Å². The third kappa shape index (κ3) is 3.01. The van der Waals surface area contributed by atoms with Crippen LogP contribution < -0.4 is 0 Å². The highest BCUT2D eigenvalue weighted by atomic mass is 32.2. The Morgan fingerprint density at radius 2 is 1.90 bits per heavy atom. The molecule has 0 spiro atoms. The lowest BCUT2D eigenvalue weighted by Crippen LogP contribution is -2.59. The van der Waals surface area contributed by atoms with Crippen LogP contribution in [0.5, 0.6) is 0 Å². The predicted octanol–water partition coefficient (Wildman–Crippen LogP) is 1.60. The maximum Gasteiger partial charge on any atom is 0.332 e. The summed E-state index contributed by atoms with van der Waals surface area (Å²) in [6.07, 6.45) is 0.292. The van der Waals surface area contributed by atoms with Crippen molar-refractivity contribution in [2.24, 2.45) is 16.8 Å². The molecule has 31 heavy (non-hydrogen) atoms. The number of ether oxygens (including phenoxy) is 1. The molecule has 1 aromatic rings. The maximum absolute atomic E-state index is 13.2. The largest absolute Gasteiger partial charge is 0.467 e. The fourth-order valence-electron chi connectivity index (χ4n) is 5.20. The fourth-order valence-corrected chi connectivity index (χ4v) is 6.23. The van der Waals surface area contributed by atoms with Crippen LogP contribution in [-0.4, -0.2) is 76.1 Å². The molecular formula is C22H25N3O5S. The van der Waals surface area contributed by atoms with E-state index < -0.39 is 29.4 Å². The molecule has 2 fully saturated rings. The van der Waals surface area contributed by atoms with Crippen molar-refractivity contribution in [1.29, 1.82) is 0 Å². The minimum absolute atomic E-state index is 0.0550. The predicted molar refractivity (Wildman–Crippen MR) is 116 cm³/mol. The molecule has 4 rings (SSSR count). The number of amidine groups is 1. The van der Waals surface area contributed by atoms with Crippen molar-refractivity contribution in [3.05, 3.63) is 35.9 Å². The lowest BCUT2D eigenvalue weighted by molar-refractivity contribution is -0.158. The van der Waals surface area contributed by atoms with Crippen LogP contribution in [0.1, 0.15) is 30.6 Å². The summed E-state index contributed by atoms with van der Waals surface area (Å²) in [4.78, 5) is 59.6. The number of fused-ring (bicyclic) bond motifs is 3. The number of benzene rings is 1. The van der Waals surface area contributed by atoms with Gasteiger partial charge in [-0.2, -0.15) is 0 Å². The molecule has 3 heterocycles. The van der Waals surface area contributed by atoms with E-state index in [-0.39, 0.29) is 29.9 Å². The maximum atomic E-state index is 13.2. The second kappa shape index (κ2) is 8.11. The van der Waals surface area contributed by atoms with Gasteiger partial charge in [0.2, 0.25) is 11.8 Å². The Hall–Kier alpha value is -2.68. The number of likely N-dealkylation sites (tertiary alicyclic amines) is 1. The monoisotopic (exact) mass is 443 g/mol. The number of ketones is 1. The molecule has 0 saturated carbocycles. The van der Waals surface area contributed by atoms with Crippen molar-refractivity contribution in [1.82, 2.24) is 9.80 Å². The topological polar surface area (TPSA) is 96.4 Å². The van der Waals surface area contributed by atoms with Crippen LogP contribution in [0.15, 0.2) is 35.3 Å². The molecular weight excluding hydrogens is 418 g/mol. The van der Waals surface area contributed by atoms with Crippen molar-refractivity contribution < 1.29 is 23.9 Å². The van der Waals surface area contributed by atoms with E-state index in [1.807, 2.05) is 13.0 Å². The number of rotatable bonds is 6. The van der Waals surface area contributed by atoms with E-state index in [2.05, 4.69) is 4.99 Å². The van der Waals surface area contributed by atoms with E-state index in [0.717, 1.165) is 0 Å². The molecule has 4 atom stereocenters. The van der Waals surface area contributed by atoms with Crippen LogP contribution in [0.3, 0.4) is 0 Å². The molecule has 1 aromatic carbocycles. The van der Waals surface area contributed by atoms with Crippen LogP contribution in [0.25, 0.3) is 0 Å². The number of hydrogen-bond donors (Lipinski definition) is 0. The van der Waals surface area contributed by atoms with Gasteiger partial charge in [0.15, 0.2) is 16.5 Å². The quantitative estimate of drug-likeness (QED) is 0.374. The van der Waals surface area contributed by atoms with E-state index in [1.54, 1.807) is 36.1 Å². The Morgan fingerprint density at radius 3 is 2.52 bits per heavy atom. The molecule has 0 radical (unpaired) electrons. The van der Waals surface area contributed by atoms with Gasteiger partial charge in [0, 0.05) is 12.1 Å². The number of esters is 1. The van der Waals surface area contributed by atoms with Gasteiger partial charge in [0.25, 0.3) is 0 Å². The smallest absolute Gasteiger partial charge is 0.332 e. The number of aliphatic imine (C=N–C) groups is 1. The van der Waals surface area contributed by atoms with Gasteiger partial charge >= 0.3 is 5.97 Å². The Morgan fingerprint density at radius 1 is 1.19 bits per heavy atom. The summed E-state index contributed by atoms with van der Waals surface area (Å²) in [5.74, 6) is -2.49. The highest BCUT2D eigenvalue weighted by molar-refractivity contribution is 8.14. The Bertz CT molecular complexity index is 965. The van der Waals surface area contributed by atoms with Gasteiger partial charge in [-0.1, -0.05) is 49.0 Å². The van der Waals surface area contributed by atoms with Gasteiger partial charge < -0.3 is 9.64 Å². The van der Waals surface area contributed by atoms with Gasteiger partial charge in [-0.25, -0.2) is 4.79 Å². The van der Waals surface area contributed by atoms with Crippen LogP contribution in [0, 0.1) is 11.8 Å². The van der Waals surface area contributed by atoms with Gasteiger partial charge in [-0.05, 0) is 13.3 Å². The summed E-state index contributed by atoms with van der Waals surface area (Å²) in [5, 5.41) is 0.513. The number of carbonyl (C=O) groups is 4. The molecule has 0 N–H and O–H groups in total. The van der Waals surface area contributed by atoms with Gasteiger partial charge in [0.05, 0.1) is 37.3 Å². The van der Waals surface area contributed by atoms with E-state index in [1.165, 1.54) is 23.8 Å². The number of nitrogens with zero attached hydrogens (tertiary/aromatic N) is 3. The zero-order valence-corrected chi connectivity index (χ0v) is 18.6. The molecule has 0 aliphatic carbocycles. The third-order valence-corrected chi connectivity index (χ3v) is 7.57. The molecule has 3 aliphatic heterocycles. The summed E-state index contributed by atoms with van der Waals surface area (Å²) in [6.45, 7) is 4.14. The molecule has 8 nitrogen and oxygen atoms in total. The lowest BCUT2D eigenvalue weighted by Gasteiger charge is -2.39. The summed E-state index contributed by atoms with van der Waals surface area (Å²) in [7, 11) is 1.29. The van der Waals surface area contributed by atoms with Crippen molar-refractivity contribution in [3.8, 4) is 0 Å². The van der Waals surface area contributed by atoms with Crippen LogP contribution in [0.2, 0.25) is 0 Å². The van der Waals surface area contributed by atoms with Crippen molar-refractivity contribution in [2.45, 2.75) is 31.8 Å². The van der Waals surface area contributed by atoms with E-state index in [4.69, 9.17) is 4.74 Å². The van der Waals surface area contributed by atoms with Crippen molar-refractivity contribution in [3.63, 3.8) is 0 Å². The average Bonchev–Trinajstić information content (AvgIpc) is 3.41. The second-order valence-corrected chi connectivity index (χ2v) is 8.77. The number of methoxy groups -OCH3 is 1. The molecule has 0 unspecified atom stereocenters. The summed E-state index contributed by atoms with van der Waals surface area (Å²) < 4.78 is 5.15. The Balaban J connectivity index is 1.66. The first kappa shape index (κ1) is 21.5. The number of hydrogen-bond acceptors (Lipinski definition) is 8. The number of Topliss-reactive ketones (excluding diaryl/α,β-unsaturated/α-hetero) is 1. The molecule has 9 heteroatoms. The number of amides is 2. The summed E-state index contributed by atoms with van der Waals surface area (Å²) in [6, 6.07) is 8.56. The lowest BCUT2D eigenvalue weighted by atomic mass is 9.78. The van der Waals surface area contributed by atoms with Crippen molar-refractivity contribution in [2.75, 3.05) is 26.0 Å². The Kier molecular flexibility index (Phi) is 5.63. The molecule has 0 aromatic heterocycles. The zero-order chi connectivity index (χ0) is 22.3.